The Hall–Kier alpha value is -2.08. The molecule has 3 N–H and O–H groups in total. The van der Waals surface area contributed by atoms with E-state index in [2.05, 4.69) is 5.32 Å². The second kappa shape index (κ2) is 7.38. The molecule has 6 nitrogen and oxygen atoms in total. The van der Waals surface area contributed by atoms with Crippen LogP contribution < -0.4 is 5.32 Å². The van der Waals surface area contributed by atoms with Crippen LogP contribution in [-0.4, -0.2) is 53.9 Å². The van der Waals surface area contributed by atoms with Crippen molar-refractivity contribution in [2.75, 3.05) is 26.7 Å². The Labute approximate surface area is 111 Å². The van der Waals surface area contributed by atoms with Crippen LogP contribution in [0.2, 0.25) is 0 Å². The molecular weight excluding hydrogens is 248 g/mol. The van der Waals surface area contributed by atoms with Gasteiger partial charge in [-0.1, -0.05) is 30.3 Å². The summed E-state index contributed by atoms with van der Waals surface area (Å²) in [5.74, 6) is -1.77. The number of carbonyl (C=O) groups is 2. The highest BCUT2D eigenvalue weighted by molar-refractivity contribution is 5.79. The zero-order valence-corrected chi connectivity index (χ0v) is 10.7. The van der Waals surface area contributed by atoms with E-state index in [9.17, 15) is 14.7 Å². The van der Waals surface area contributed by atoms with Crippen LogP contribution in [-0.2, 0) is 4.79 Å². The predicted octanol–water partition coefficient (Wildman–Crippen LogP) is 0.488. The molecule has 2 amide bonds. The lowest BCUT2D eigenvalue weighted by Gasteiger charge is -2.19. The van der Waals surface area contributed by atoms with Crippen molar-refractivity contribution >= 4 is 12.0 Å². The zero-order valence-electron chi connectivity index (χ0n) is 10.7. The number of urea groups is 1. The molecule has 0 aliphatic rings. The molecule has 0 bridgehead atoms. The van der Waals surface area contributed by atoms with Gasteiger partial charge >= 0.3 is 12.0 Å². The molecule has 19 heavy (non-hydrogen) atoms. The molecule has 0 aliphatic carbocycles. The molecule has 1 aromatic rings. The third-order valence-corrected chi connectivity index (χ3v) is 2.74. The van der Waals surface area contributed by atoms with Crippen LogP contribution in [0.1, 0.15) is 11.5 Å². The number of carboxylic acid groups (broad SMARTS) is 1. The smallest absolute Gasteiger partial charge is 0.317 e. The van der Waals surface area contributed by atoms with E-state index in [-0.39, 0.29) is 19.7 Å². The van der Waals surface area contributed by atoms with E-state index in [1.165, 1.54) is 11.9 Å². The molecule has 0 fully saturated rings. The first-order chi connectivity index (χ1) is 9.06. The van der Waals surface area contributed by atoms with Gasteiger partial charge in [0.25, 0.3) is 0 Å². The van der Waals surface area contributed by atoms with E-state index >= 15 is 0 Å². The normalized spacial score (nSPS) is 11.7. The minimum atomic E-state index is -0.990. The maximum atomic E-state index is 11.6. The Morgan fingerprint density at radius 3 is 2.47 bits per heavy atom. The first-order valence-corrected chi connectivity index (χ1v) is 5.93. The highest BCUT2D eigenvalue weighted by atomic mass is 16.4. The molecule has 1 rings (SSSR count). The Kier molecular flexibility index (Phi) is 5.81. The second-order valence-corrected chi connectivity index (χ2v) is 4.13. The Bertz CT molecular complexity index is 422. The number of carboxylic acids is 1. The van der Waals surface area contributed by atoms with Crippen molar-refractivity contribution in [3.8, 4) is 0 Å². The fraction of sp³-hybridized carbons (Fsp3) is 0.385. The molecule has 0 saturated carbocycles. The van der Waals surface area contributed by atoms with Gasteiger partial charge in [-0.15, -0.1) is 0 Å². The molecule has 0 radical (unpaired) electrons. The van der Waals surface area contributed by atoms with Crippen LogP contribution in [0.3, 0.4) is 0 Å². The van der Waals surface area contributed by atoms with Gasteiger partial charge in [-0.3, -0.25) is 4.79 Å². The van der Waals surface area contributed by atoms with Gasteiger partial charge in [0, 0.05) is 20.1 Å². The predicted molar refractivity (Wildman–Crippen MR) is 69.9 cm³/mol. The highest BCUT2D eigenvalue weighted by Gasteiger charge is 2.20. The average molecular weight is 266 g/mol. The van der Waals surface area contributed by atoms with E-state index in [4.69, 9.17) is 5.11 Å². The van der Waals surface area contributed by atoms with Gasteiger partial charge in [0.2, 0.25) is 0 Å². The Balaban J connectivity index is 2.61. The lowest BCUT2D eigenvalue weighted by atomic mass is 9.99. The summed E-state index contributed by atoms with van der Waals surface area (Å²) >= 11 is 0. The van der Waals surface area contributed by atoms with Crippen LogP contribution in [0, 0.1) is 0 Å². The van der Waals surface area contributed by atoms with Gasteiger partial charge in [0.1, 0.15) is 0 Å². The van der Waals surface area contributed by atoms with Gasteiger partial charge in [0.15, 0.2) is 0 Å². The van der Waals surface area contributed by atoms with Crippen LogP contribution in [0.15, 0.2) is 30.3 Å². The summed E-state index contributed by atoms with van der Waals surface area (Å²) in [6.07, 6.45) is 0. The molecule has 104 valence electrons. The summed E-state index contributed by atoms with van der Waals surface area (Å²) in [7, 11) is 1.53. The van der Waals surface area contributed by atoms with Crippen molar-refractivity contribution in [2.45, 2.75) is 5.92 Å². The minimum absolute atomic E-state index is 0.00789. The summed E-state index contributed by atoms with van der Waals surface area (Å²) in [4.78, 5) is 24.1. The largest absolute Gasteiger partial charge is 0.481 e. The highest BCUT2D eigenvalue weighted by Crippen LogP contribution is 2.14. The van der Waals surface area contributed by atoms with Crippen molar-refractivity contribution in [1.29, 1.82) is 0 Å². The van der Waals surface area contributed by atoms with E-state index in [0.717, 1.165) is 0 Å². The van der Waals surface area contributed by atoms with Gasteiger partial charge < -0.3 is 20.4 Å². The van der Waals surface area contributed by atoms with Crippen LogP contribution in [0.5, 0.6) is 0 Å². The number of aliphatic hydroxyl groups is 1. The Morgan fingerprint density at radius 2 is 1.95 bits per heavy atom. The fourth-order valence-electron chi connectivity index (χ4n) is 1.61. The third kappa shape index (κ3) is 4.59. The minimum Gasteiger partial charge on any atom is -0.481 e. The summed E-state index contributed by atoms with van der Waals surface area (Å²) in [6.45, 7) is 0.0772. The summed E-state index contributed by atoms with van der Waals surface area (Å²) in [5.41, 5.74) is 0.639. The standard InChI is InChI=1S/C13H18N2O4/c1-15(7-8-16)13(19)14-9-11(12(17)18)10-5-3-2-4-6-10/h2-6,11,16H,7-9H2,1H3,(H,14,19)(H,17,18). The van der Waals surface area contributed by atoms with Crippen molar-refractivity contribution in [3.63, 3.8) is 0 Å². The van der Waals surface area contributed by atoms with E-state index in [0.29, 0.717) is 5.56 Å². The number of rotatable bonds is 6. The number of hydrogen-bond donors (Lipinski definition) is 3. The first kappa shape index (κ1) is 15.0. The van der Waals surface area contributed by atoms with E-state index in [1.807, 2.05) is 0 Å². The van der Waals surface area contributed by atoms with Crippen LogP contribution >= 0.6 is 0 Å². The van der Waals surface area contributed by atoms with Gasteiger partial charge in [-0.25, -0.2) is 4.79 Å². The number of likely N-dealkylation sites (N-methyl/N-ethyl adjacent to an activating group) is 1. The number of nitrogens with zero attached hydrogens (tertiary/aromatic N) is 1. The second-order valence-electron chi connectivity index (χ2n) is 4.13. The summed E-state index contributed by atoms with van der Waals surface area (Å²) in [6, 6.07) is 8.33. The lowest BCUT2D eigenvalue weighted by molar-refractivity contribution is -0.138. The summed E-state index contributed by atoms with van der Waals surface area (Å²) < 4.78 is 0. The zero-order chi connectivity index (χ0) is 14.3. The van der Waals surface area contributed by atoms with Crippen molar-refractivity contribution in [3.05, 3.63) is 35.9 Å². The topological polar surface area (TPSA) is 89.9 Å². The van der Waals surface area contributed by atoms with Crippen molar-refractivity contribution in [1.82, 2.24) is 10.2 Å². The molecule has 0 saturated heterocycles. The van der Waals surface area contributed by atoms with E-state index < -0.39 is 17.9 Å². The van der Waals surface area contributed by atoms with Gasteiger partial charge in [-0.05, 0) is 5.56 Å². The molecular formula is C13H18N2O4. The summed E-state index contributed by atoms with van der Waals surface area (Å²) in [5, 5.41) is 20.4. The number of amides is 2. The van der Waals surface area contributed by atoms with Crippen molar-refractivity contribution < 1.29 is 19.8 Å². The number of benzene rings is 1. The maximum absolute atomic E-state index is 11.6. The van der Waals surface area contributed by atoms with Gasteiger partial charge in [0.05, 0.1) is 12.5 Å². The number of hydrogen-bond acceptors (Lipinski definition) is 3. The van der Waals surface area contributed by atoms with Crippen molar-refractivity contribution in [2.24, 2.45) is 0 Å². The molecule has 1 atom stereocenters. The molecule has 1 aromatic carbocycles. The maximum Gasteiger partial charge on any atom is 0.317 e. The first-order valence-electron chi connectivity index (χ1n) is 5.93. The molecule has 0 aromatic heterocycles. The monoisotopic (exact) mass is 266 g/mol. The molecule has 1 unspecified atom stereocenters. The fourth-order valence-corrected chi connectivity index (χ4v) is 1.61. The van der Waals surface area contributed by atoms with Crippen LogP contribution in [0.4, 0.5) is 4.79 Å². The van der Waals surface area contributed by atoms with E-state index in [1.54, 1.807) is 30.3 Å². The Morgan fingerprint density at radius 1 is 1.32 bits per heavy atom. The van der Waals surface area contributed by atoms with Gasteiger partial charge in [-0.2, -0.15) is 0 Å². The lowest BCUT2D eigenvalue weighted by Crippen LogP contribution is -2.41. The molecule has 0 spiro atoms. The average Bonchev–Trinajstić information content (AvgIpc) is 2.39. The number of carbonyl (C=O) groups excluding carboxylic acids is 1. The number of aliphatic hydroxyl groups excluding tert-OH is 1. The SMILES string of the molecule is CN(CCO)C(=O)NCC(C(=O)O)c1ccccc1. The number of aliphatic carboxylic acids is 1. The van der Waals surface area contributed by atoms with Crippen LogP contribution in [0.25, 0.3) is 0 Å². The molecule has 6 heteroatoms. The molecule has 0 heterocycles. The number of nitrogens with one attached hydrogen (secondary N) is 1. The molecule has 0 aliphatic heterocycles. The quantitative estimate of drug-likeness (QED) is 0.699. The third-order valence-electron chi connectivity index (χ3n) is 2.74.